The number of amides is 1. The molecular weight excluding hydrogens is 561 g/mol. The number of hydrogen-bond donors (Lipinski definition) is 0. The van der Waals surface area contributed by atoms with Crippen molar-refractivity contribution in [2.45, 2.75) is 13.8 Å². The van der Waals surface area contributed by atoms with E-state index in [1.807, 2.05) is 19.9 Å². The number of benzene rings is 3. The van der Waals surface area contributed by atoms with E-state index < -0.39 is 11.7 Å². The molecule has 9 heteroatoms. The fourth-order valence-corrected chi connectivity index (χ4v) is 6.17. The zero-order chi connectivity index (χ0) is 27.1. The standard InChI is InChI=1S/C29H25Cl2NO4S2/c1-3-37-29(38-4-2)27(24(33)15-5-19-6-16-25-26(17-19)36-18-35-25)28(34)32(22-11-7-20(30)8-12-22)23-13-9-21(31)10-14-23/h5-17H,3-4,18H2,1-2H3/b15-5+. The number of halogens is 2. The van der Waals surface area contributed by atoms with E-state index >= 15 is 0 Å². The summed E-state index contributed by atoms with van der Waals surface area (Å²) in [5, 5.41) is 1.08. The van der Waals surface area contributed by atoms with Gasteiger partial charge in [0.05, 0.1) is 4.24 Å². The fourth-order valence-electron chi connectivity index (χ4n) is 3.69. The molecule has 0 unspecified atom stereocenters. The van der Waals surface area contributed by atoms with Gasteiger partial charge in [0, 0.05) is 21.4 Å². The van der Waals surface area contributed by atoms with Crippen molar-refractivity contribution < 1.29 is 19.1 Å². The summed E-state index contributed by atoms with van der Waals surface area (Å²) in [6.07, 6.45) is 3.11. The van der Waals surface area contributed by atoms with E-state index in [0.29, 0.717) is 48.7 Å². The van der Waals surface area contributed by atoms with Crippen molar-refractivity contribution in [1.82, 2.24) is 0 Å². The second-order valence-corrected chi connectivity index (χ2v) is 11.6. The van der Waals surface area contributed by atoms with Crippen molar-refractivity contribution in [2.75, 3.05) is 23.2 Å². The second-order valence-electron chi connectivity index (χ2n) is 7.93. The number of rotatable bonds is 10. The molecule has 3 aromatic rings. The van der Waals surface area contributed by atoms with Crippen LogP contribution in [0.25, 0.3) is 6.08 Å². The summed E-state index contributed by atoms with van der Waals surface area (Å²) in [6, 6.07) is 19.3. The number of ether oxygens (including phenoxy) is 2. The Bertz CT molecular complexity index is 1320. The van der Waals surface area contributed by atoms with Crippen molar-refractivity contribution in [3.63, 3.8) is 0 Å². The molecule has 1 aliphatic heterocycles. The van der Waals surface area contributed by atoms with E-state index in [1.54, 1.807) is 66.7 Å². The Balaban J connectivity index is 1.78. The number of fused-ring (bicyclic) bond motifs is 1. The summed E-state index contributed by atoms with van der Waals surface area (Å²) in [5.41, 5.74) is 2.02. The lowest BCUT2D eigenvalue weighted by atomic mass is 10.1. The molecule has 3 aromatic carbocycles. The highest BCUT2D eigenvalue weighted by Gasteiger charge is 2.29. The maximum atomic E-state index is 14.3. The molecule has 0 spiro atoms. The van der Waals surface area contributed by atoms with Crippen molar-refractivity contribution >= 4 is 75.9 Å². The SMILES string of the molecule is CCSC(SCC)=C(C(=O)/C=C/c1ccc2c(c1)OCO2)C(=O)N(c1ccc(Cl)cc1)c1ccc(Cl)cc1. The van der Waals surface area contributed by atoms with Crippen LogP contribution in [0.2, 0.25) is 10.0 Å². The molecule has 1 heterocycles. The van der Waals surface area contributed by atoms with Crippen molar-refractivity contribution in [1.29, 1.82) is 0 Å². The van der Waals surface area contributed by atoms with Crippen LogP contribution in [-0.2, 0) is 9.59 Å². The predicted molar refractivity (Wildman–Crippen MR) is 160 cm³/mol. The van der Waals surface area contributed by atoms with Gasteiger partial charge in [-0.15, -0.1) is 23.5 Å². The quantitative estimate of drug-likeness (QED) is 0.135. The van der Waals surface area contributed by atoms with Crippen molar-refractivity contribution in [3.8, 4) is 11.5 Å². The highest BCUT2D eigenvalue weighted by atomic mass is 35.5. The molecule has 0 aliphatic carbocycles. The van der Waals surface area contributed by atoms with Crippen LogP contribution < -0.4 is 14.4 Å². The molecule has 0 saturated heterocycles. The third-order valence-electron chi connectivity index (χ3n) is 5.41. The van der Waals surface area contributed by atoms with Gasteiger partial charge in [0.1, 0.15) is 5.57 Å². The molecule has 5 nitrogen and oxygen atoms in total. The molecule has 1 aliphatic rings. The number of anilines is 2. The molecule has 0 atom stereocenters. The van der Waals surface area contributed by atoms with Crippen LogP contribution in [0.5, 0.6) is 11.5 Å². The maximum absolute atomic E-state index is 14.3. The lowest BCUT2D eigenvalue weighted by Gasteiger charge is -2.25. The van der Waals surface area contributed by atoms with Gasteiger partial charge in [-0.25, -0.2) is 0 Å². The average molecular weight is 587 g/mol. The molecule has 1 amide bonds. The Kier molecular flexibility index (Phi) is 9.86. The first-order valence-corrected chi connectivity index (χ1v) is 14.6. The Morgan fingerprint density at radius 3 is 1.95 bits per heavy atom. The number of carbonyl (C=O) groups excluding carboxylic acids is 2. The molecule has 0 N–H and O–H groups in total. The number of carbonyl (C=O) groups is 2. The Morgan fingerprint density at radius 2 is 1.39 bits per heavy atom. The number of ketones is 1. The molecule has 0 fully saturated rings. The van der Waals surface area contributed by atoms with E-state index in [2.05, 4.69) is 0 Å². The Hall–Kier alpha value is -2.84. The third-order valence-corrected chi connectivity index (χ3v) is 8.13. The summed E-state index contributed by atoms with van der Waals surface area (Å²) < 4.78 is 11.5. The van der Waals surface area contributed by atoms with Crippen LogP contribution in [0.3, 0.4) is 0 Å². The van der Waals surface area contributed by atoms with Crippen LogP contribution in [0, 0.1) is 0 Å². The van der Waals surface area contributed by atoms with Gasteiger partial charge >= 0.3 is 0 Å². The van der Waals surface area contributed by atoms with E-state index in [0.717, 1.165) is 5.56 Å². The van der Waals surface area contributed by atoms with Crippen LogP contribution in [-0.4, -0.2) is 30.0 Å². The minimum Gasteiger partial charge on any atom is -0.454 e. The summed E-state index contributed by atoms with van der Waals surface area (Å²) >= 11 is 15.2. The zero-order valence-corrected chi connectivity index (χ0v) is 23.9. The maximum Gasteiger partial charge on any atom is 0.268 e. The van der Waals surface area contributed by atoms with E-state index in [-0.39, 0.29) is 12.4 Å². The normalized spacial score (nSPS) is 12.0. The lowest BCUT2D eigenvalue weighted by molar-refractivity contribution is -0.118. The first-order valence-electron chi connectivity index (χ1n) is 11.9. The summed E-state index contributed by atoms with van der Waals surface area (Å²) in [5.74, 6) is 1.86. The molecule has 38 heavy (non-hydrogen) atoms. The average Bonchev–Trinajstić information content (AvgIpc) is 3.38. The van der Waals surface area contributed by atoms with Crippen molar-refractivity contribution in [3.05, 3.63) is 98.2 Å². The first-order chi connectivity index (χ1) is 18.4. The van der Waals surface area contributed by atoms with Gasteiger partial charge in [-0.05, 0) is 83.8 Å². The Labute approximate surface area is 240 Å². The predicted octanol–water partition coefficient (Wildman–Crippen LogP) is 8.39. The monoisotopic (exact) mass is 585 g/mol. The number of thioether (sulfide) groups is 2. The number of hydrogen-bond acceptors (Lipinski definition) is 6. The van der Waals surface area contributed by atoms with Gasteiger partial charge in [-0.3, -0.25) is 14.5 Å². The van der Waals surface area contributed by atoms with Gasteiger partial charge in [-0.2, -0.15) is 0 Å². The van der Waals surface area contributed by atoms with Gasteiger partial charge in [-0.1, -0.05) is 49.2 Å². The first kappa shape index (κ1) is 28.2. The lowest BCUT2D eigenvalue weighted by Crippen LogP contribution is -2.30. The molecule has 0 radical (unpaired) electrons. The smallest absolute Gasteiger partial charge is 0.268 e. The van der Waals surface area contributed by atoms with Gasteiger partial charge in [0.25, 0.3) is 5.91 Å². The third kappa shape index (κ3) is 6.77. The highest BCUT2D eigenvalue weighted by Crippen LogP contribution is 2.37. The van der Waals surface area contributed by atoms with E-state index in [4.69, 9.17) is 32.7 Å². The molecule has 0 saturated carbocycles. The fraction of sp³-hybridized carbons (Fsp3) is 0.172. The highest BCUT2D eigenvalue weighted by molar-refractivity contribution is 8.22. The van der Waals surface area contributed by atoms with Crippen molar-refractivity contribution in [2.24, 2.45) is 0 Å². The van der Waals surface area contributed by atoms with Gasteiger partial charge in [0.2, 0.25) is 6.79 Å². The summed E-state index contributed by atoms with van der Waals surface area (Å²) in [6.45, 7) is 4.15. The molecule has 0 bridgehead atoms. The second kappa shape index (κ2) is 13.3. The number of allylic oxidation sites excluding steroid dienone is 1. The molecule has 4 rings (SSSR count). The van der Waals surface area contributed by atoms with Crippen LogP contribution in [0.15, 0.2) is 82.6 Å². The van der Waals surface area contributed by atoms with E-state index in [9.17, 15) is 9.59 Å². The molecule has 196 valence electrons. The van der Waals surface area contributed by atoms with Crippen LogP contribution in [0.1, 0.15) is 19.4 Å². The minimum atomic E-state index is -0.438. The summed E-state index contributed by atoms with van der Waals surface area (Å²) in [4.78, 5) is 29.6. The Morgan fingerprint density at radius 1 is 0.842 bits per heavy atom. The molecular formula is C29H25Cl2NO4S2. The van der Waals surface area contributed by atoms with Gasteiger partial charge < -0.3 is 9.47 Å². The van der Waals surface area contributed by atoms with Crippen LogP contribution >= 0.6 is 46.7 Å². The topological polar surface area (TPSA) is 55.8 Å². The van der Waals surface area contributed by atoms with Gasteiger partial charge in [0.15, 0.2) is 17.3 Å². The summed E-state index contributed by atoms with van der Waals surface area (Å²) in [7, 11) is 0. The van der Waals surface area contributed by atoms with Crippen LogP contribution in [0.4, 0.5) is 11.4 Å². The largest absolute Gasteiger partial charge is 0.454 e. The minimum absolute atomic E-state index is 0.102. The van der Waals surface area contributed by atoms with E-state index in [1.165, 1.54) is 34.5 Å². The number of nitrogens with zero attached hydrogens (tertiary/aromatic N) is 1. The zero-order valence-electron chi connectivity index (χ0n) is 20.8. The molecule has 0 aromatic heterocycles.